The normalized spacial score (nSPS) is 11.8. The van der Waals surface area contributed by atoms with Gasteiger partial charge in [-0.3, -0.25) is 10.1 Å². The monoisotopic (exact) mass is 394 g/mol. The van der Waals surface area contributed by atoms with E-state index in [-0.39, 0.29) is 0 Å². The van der Waals surface area contributed by atoms with Crippen molar-refractivity contribution in [3.8, 4) is 22.5 Å². The number of aromatic nitrogens is 2. The van der Waals surface area contributed by atoms with Gasteiger partial charge in [0.05, 0.1) is 16.6 Å². The van der Waals surface area contributed by atoms with Crippen LogP contribution in [0, 0.1) is 13.8 Å². The van der Waals surface area contributed by atoms with Crippen molar-refractivity contribution in [3.05, 3.63) is 59.7 Å². The Morgan fingerprint density at radius 3 is 2.07 bits per heavy atom. The third-order valence-electron chi connectivity index (χ3n) is 4.25. The van der Waals surface area contributed by atoms with Crippen molar-refractivity contribution in [1.82, 2.24) is 15.3 Å². The summed E-state index contributed by atoms with van der Waals surface area (Å²) in [4.78, 5) is 30.9. The number of hydrogen-bond acceptors (Lipinski definition) is 4. The van der Waals surface area contributed by atoms with Gasteiger partial charge in [-0.25, -0.2) is 9.78 Å². The number of carbonyl (C=O) groups excluding carboxylic acids is 2. The van der Waals surface area contributed by atoms with E-state index < -0.39 is 17.2 Å². The maximum atomic E-state index is 12.0. The quantitative estimate of drug-likeness (QED) is 0.569. The van der Waals surface area contributed by atoms with E-state index in [0.29, 0.717) is 5.16 Å². The molecule has 0 aliphatic heterocycles. The van der Waals surface area contributed by atoms with Crippen molar-refractivity contribution in [3.63, 3.8) is 0 Å². The Bertz CT molecular complexity index is 931. The van der Waals surface area contributed by atoms with E-state index in [1.807, 2.05) is 62.4 Å². The number of aromatic amines is 1. The number of hydrogen-bond donors (Lipinski definition) is 3. The minimum atomic E-state index is -0.863. The summed E-state index contributed by atoms with van der Waals surface area (Å²) in [6.45, 7) is 5.77. The fourth-order valence-electron chi connectivity index (χ4n) is 2.70. The van der Waals surface area contributed by atoms with Crippen molar-refractivity contribution in [2.75, 3.05) is 0 Å². The highest BCUT2D eigenvalue weighted by Crippen LogP contribution is 2.34. The van der Waals surface area contributed by atoms with Gasteiger partial charge in [0.1, 0.15) is 0 Å². The van der Waals surface area contributed by atoms with Crippen molar-refractivity contribution < 1.29 is 9.59 Å². The van der Waals surface area contributed by atoms with E-state index >= 15 is 0 Å². The molecule has 0 aliphatic rings. The molecule has 3 aromatic rings. The van der Waals surface area contributed by atoms with Crippen LogP contribution in [0.1, 0.15) is 18.1 Å². The first kappa shape index (κ1) is 19.7. The van der Waals surface area contributed by atoms with Crippen LogP contribution in [0.5, 0.6) is 0 Å². The second kappa shape index (κ2) is 8.31. The van der Waals surface area contributed by atoms with Crippen LogP contribution in [-0.4, -0.2) is 27.2 Å². The molecule has 6 nitrogen and oxygen atoms in total. The first-order valence-corrected chi connectivity index (χ1v) is 9.72. The molecule has 0 saturated heterocycles. The number of rotatable bonds is 5. The van der Waals surface area contributed by atoms with Crippen LogP contribution in [0.4, 0.5) is 4.79 Å². The molecule has 4 N–H and O–H groups in total. The molecule has 0 aliphatic carbocycles. The van der Waals surface area contributed by atoms with E-state index in [9.17, 15) is 9.59 Å². The maximum Gasteiger partial charge on any atom is 0.318 e. The van der Waals surface area contributed by atoms with Gasteiger partial charge in [0.15, 0.2) is 5.16 Å². The maximum absolute atomic E-state index is 12.0. The third-order valence-corrected chi connectivity index (χ3v) is 5.24. The molecule has 28 heavy (non-hydrogen) atoms. The molecule has 1 heterocycles. The van der Waals surface area contributed by atoms with Crippen LogP contribution in [0.3, 0.4) is 0 Å². The molecule has 0 bridgehead atoms. The molecule has 0 saturated carbocycles. The molecular weight excluding hydrogens is 372 g/mol. The summed E-state index contributed by atoms with van der Waals surface area (Å²) in [6, 6.07) is 15.4. The second-order valence-electron chi connectivity index (χ2n) is 6.61. The minimum absolute atomic E-state index is 0.456. The summed E-state index contributed by atoms with van der Waals surface area (Å²) in [5, 5.41) is 2.16. The van der Waals surface area contributed by atoms with Crippen molar-refractivity contribution >= 4 is 23.7 Å². The molecule has 144 valence electrons. The molecule has 0 radical (unpaired) electrons. The number of primary amides is 1. The van der Waals surface area contributed by atoms with Crippen molar-refractivity contribution in [1.29, 1.82) is 0 Å². The summed E-state index contributed by atoms with van der Waals surface area (Å²) >= 11 is 1.24. The molecule has 1 aromatic heterocycles. The lowest BCUT2D eigenvalue weighted by atomic mass is 10.0. The minimum Gasteiger partial charge on any atom is -0.351 e. The summed E-state index contributed by atoms with van der Waals surface area (Å²) in [6.07, 6.45) is 0. The average molecular weight is 395 g/mol. The lowest BCUT2D eigenvalue weighted by molar-refractivity contribution is -0.119. The number of benzene rings is 2. The third kappa shape index (κ3) is 4.61. The van der Waals surface area contributed by atoms with Crippen molar-refractivity contribution in [2.24, 2.45) is 5.73 Å². The van der Waals surface area contributed by atoms with E-state index in [1.54, 1.807) is 6.92 Å². The Kier molecular flexibility index (Phi) is 5.84. The highest BCUT2D eigenvalue weighted by atomic mass is 32.2. The number of imide groups is 1. The molecular formula is C21H22N4O2S. The van der Waals surface area contributed by atoms with Gasteiger partial charge in [-0.05, 0) is 20.8 Å². The number of thioether (sulfide) groups is 1. The number of nitrogens with two attached hydrogens (primary N) is 1. The zero-order valence-electron chi connectivity index (χ0n) is 15.9. The molecule has 7 heteroatoms. The van der Waals surface area contributed by atoms with Crippen LogP contribution in [0.15, 0.2) is 53.7 Å². The number of aryl methyl sites for hydroxylation is 2. The molecule has 0 fully saturated rings. The van der Waals surface area contributed by atoms with Crippen LogP contribution < -0.4 is 11.1 Å². The smallest absolute Gasteiger partial charge is 0.318 e. The number of imidazole rings is 1. The van der Waals surface area contributed by atoms with Gasteiger partial charge in [-0.1, -0.05) is 71.4 Å². The van der Waals surface area contributed by atoms with Gasteiger partial charge in [0, 0.05) is 11.1 Å². The zero-order chi connectivity index (χ0) is 20.3. The Labute approximate surface area is 167 Å². The first-order chi connectivity index (χ1) is 13.3. The molecule has 0 unspecified atom stereocenters. The van der Waals surface area contributed by atoms with Crippen molar-refractivity contribution in [2.45, 2.75) is 31.2 Å². The number of H-pyrrole nitrogens is 1. The van der Waals surface area contributed by atoms with Gasteiger partial charge in [-0.15, -0.1) is 0 Å². The molecule has 3 amide bonds. The van der Waals surface area contributed by atoms with Gasteiger partial charge in [-0.2, -0.15) is 0 Å². The highest BCUT2D eigenvalue weighted by Gasteiger charge is 2.20. The Hall–Kier alpha value is -3.06. The average Bonchev–Trinajstić information content (AvgIpc) is 3.06. The summed E-state index contributed by atoms with van der Waals surface area (Å²) in [5.74, 6) is -0.456. The molecule has 1 atom stereocenters. The predicted octanol–water partition coefficient (Wildman–Crippen LogP) is 4.04. The van der Waals surface area contributed by atoms with E-state index in [4.69, 9.17) is 10.7 Å². The number of nitrogens with zero attached hydrogens (tertiary/aromatic N) is 1. The largest absolute Gasteiger partial charge is 0.351 e. The second-order valence-corrected chi connectivity index (χ2v) is 7.94. The van der Waals surface area contributed by atoms with Gasteiger partial charge in [0.25, 0.3) is 0 Å². The topological polar surface area (TPSA) is 101 Å². The summed E-state index contributed by atoms with van der Waals surface area (Å²) < 4.78 is 0. The Morgan fingerprint density at radius 1 is 1.00 bits per heavy atom. The lowest BCUT2D eigenvalue weighted by Gasteiger charge is -2.07. The first-order valence-electron chi connectivity index (χ1n) is 8.84. The standard InChI is InChI=1S/C21H22N4O2S/c1-12-4-8-15(9-5-12)17-18(16-10-6-13(2)7-11-16)24-21(23-17)28-14(3)19(26)25-20(22)27/h4-11,14H,1-3H3,(H,23,24)(H3,22,25,26,27)/t14-/m0/s1. The van der Waals surface area contributed by atoms with Crippen LogP contribution in [0.25, 0.3) is 22.5 Å². The van der Waals surface area contributed by atoms with Crippen LogP contribution in [-0.2, 0) is 4.79 Å². The molecule has 2 aromatic carbocycles. The SMILES string of the molecule is Cc1ccc(-c2nc(S[C@@H](C)C(=O)NC(N)=O)[nH]c2-c2ccc(C)cc2)cc1. The number of carbonyl (C=O) groups is 2. The van der Waals surface area contributed by atoms with E-state index in [1.165, 1.54) is 22.9 Å². The fraction of sp³-hybridized carbons (Fsp3) is 0.190. The van der Waals surface area contributed by atoms with Gasteiger partial charge in [0.2, 0.25) is 5.91 Å². The van der Waals surface area contributed by atoms with E-state index in [2.05, 4.69) is 10.3 Å². The molecule has 3 rings (SSSR count). The highest BCUT2D eigenvalue weighted by molar-refractivity contribution is 8.00. The number of amides is 3. The van der Waals surface area contributed by atoms with Crippen LogP contribution in [0.2, 0.25) is 0 Å². The lowest BCUT2D eigenvalue weighted by Crippen LogP contribution is -2.39. The van der Waals surface area contributed by atoms with E-state index in [0.717, 1.165) is 22.5 Å². The molecule has 0 spiro atoms. The van der Waals surface area contributed by atoms with Gasteiger partial charge >= 0.3 is 6.03 Å². The Balaban J connectivity index is 1.97. The van der Waals surface area contributed by atoms with Gasteiger partial charge < -0.3 is 10.7 Å². The zero-order valence-corrected chi connectivity index (χ0v) is 16.8. The number of nitrogens with one attached hydrogen (secondary N) is 2. The van der Waals surface area contributed by atoms with Crippen LogP contribution >= 0.6 is 11.8 Å². The Morgan fingerprint density at radius 2 is 1.54 bits per heavy atom. The number of urea groups is 1. The summed E-state index contributed by atoms with van der Waals surface area (Å²) in [7, 11) is 0. The predicted molar refractivity (Wildman–Crippen MR) is 112 cm³/mol. The fourth-order valence-corrected chi connectivity index (χ4v) is 3.51. The summed E-state index contributed by atoms with van der Waals surface area (Å²) in [5.41, 5.74) is 11.1.